The summed E-state index contributed by atoms with van der Waals surface area (Å²) in [6.07, 6.45) is 2.77. The highest BCUT2D eigenvalue weighted by molar-refractivity contribution is 7.19. The zero-order valence-electron chi connectivity index (χ0n) is 17.5. The van der Waals surface area contributed by atoms with Gasteiger partial charge in [0.15, 0.2) is 5.78 Å². The van der Waals surface area contributed by atoms with E-state index in [1.165, 1.54) is 20.5 Å². The lowest BCUT2D eigenvalue weighted by molar-refractivity contribution is 0.0971. The van der Waals surface area contributed by atoms with Gasteiger partial charge < -0.3 is 0 Å². The van der Waals surface area contributed by atoms with Gasteiger partial charge in [0.1, 0.15) is 4.83 Å². The van der Waals surface area contributed by atoms with Crippen molar-refractivity contribution in [3.05, 3.63) is 96.5 Å². The second-order valence-electron chi connectivity index (χ2n) is 8.10. The van der Waals surface area contributed by atoms with E-state index >= 15 is 0 Å². The van der Waals surface area contributed by atoms with Crippen LogP contribution in [0.1, 0.15) is 38.3 Å². The predicted molar refractivity (Wildman–Crippen MR) is 124 cm³/mol. The fourth-order valence-electron chi connectivity index (χ4n) is 4.30. The molecule has 1 aliphatic rings. The van der Waals surface area contributed by atoms with Crippen molar-refractivity contribution in [1.82, 2.24) is 9.13 Å². The summed E-state index contributed by atoms with van der Waals surface area (Å²) in [4.78, 5) is 41.9. The molecule has 0 saturated heterocycles. The molecule has 2 aromatic heterocycles. The minimum absolute atomic E-state index is 0.0934. The smallest absolute Gasteiger partial charge is 0.292 e. The molecule has 1 aliphatic carbocycles. The summed E-state index contributed by atoms with van der Waals surface area (Å²) < 4.78 is 2.72. The number of rotatable bonds is 4. The Kier molecular flexibility index (Phi) is 4.74. The van der Waals surface area contributed by atoms with Gasteiger partial charge in [-0.1, -0.05) is 36.4 Å². The van der Waals surface area contributed by atoms with Crippen molar-refractivity contribution in [2.75, 3.05) is 0 Å². The minimum Gasteiger partial charge on any atom is -0.292 e. The lowest BCUT2D eigenvalue weighted by Gasteiger charge is -2.13. The standard InChI is InChI=1S/C25H22N2O3S/c1-15-11-12-18(13-16(15)2)27-23(29)22-19-9-6-10-21(19)31-24(22)26(25(27)30)14-20(28)17-7-4-3-5-8-17/h3-5,7-8,11-13H,6,9-10,14H2,1-2H3. The van der Waals surface area contributed by atoms with E-state index in [-0.39, 0.29) is 17.9 Å². The van der Waals surface area contributed by atoms with Gasteiger partial charge in [-0.05, 0) is 61.9 Å². The number of carbonyl (C=O) groups is 1. The number of hydrogen-bond donors (Lipinski definition) is 0. The Bertz CT molecular complexity index is 1460. The van der Waals surface area contributed by atoms with Gasteiger partial charge >= 0.3 is 5.69 Å². The molecule has 5 nitrogen and oxygen atoms in total. The summed E-state index contributed by atoms with van der Waals surface area (Å²) in [5.74, 6) is -0.150. The maximum Gasteiger partial charge on any atom is 0.337 e. The number of aromatic nitrogens is 2. The van der Waals surface area contributed by atoms with Gasteiger partial charge in [0.25, 0.3) is 5.56 Å². The molecule has 6 heteroatoms. The molecule has 2 aromatic carbocycles. The van der Waals surface area contributed by atoms with Gasteiger partial charge in [-0.3, -0.25) is 14.2 Å². The first-order chi connectivity index (χ1) is 15.0. The van der Waals surface area contributed by atoms with Crippen LogP contribution in [0.25, 0.3) is 15.9 Å². The van der Waals surface area contributed by atoms with E-state index in [9.17, 15) is 14.4 Å². The molecule has 0 bridgehead atoms. The third-order valence-electron chi connectivity index (χ3n) is 6.13. The van der Waals surface area contributed by atoms with Crippen molar-refractivity contribution in [1.29, 1.82) is 0 Å². The second-order valence-corrected chi connectivity index (χ2v) is 9.19. The summed E-state index contributed by atoms with van der Waals surface area (Å²) in [6.45, 7) is 3.86. The third kappa shape index (κ3) is 3.18. The fraction of sp³-hybridized carbons (Fsp3) is 0.240. The molecule has 2 heterocycles. The van der Waals surface area contributed by atoms with Crippen molar-refractivity contribution in [2.45, 2.75) is 39.7 Å². The van der Waals surface area contributed by atoms with Gasteiger partial charge in [-0.15, -0.1) is 11.3 Å². The minimum atomic E-state index is -0.468. The number of ketones is 1. The number of thiophene rings is 1. The Morgan fingerprint density at radius 2 is 1.77 bits per heavy atom. The van der Waals surface area contributed by atoms with E-state index in [1.807, 2.05) is 32.0 Å². The van der Waals surface area contributed by atoms with Gasteiger partial charge in [0.05, 0.1) is 17.6 Å². The van der Waals surface area contributed by atoms with Gasteiger partial charge in [-0.25, -0.2) is 9.36 Å². The molecular formula is C25H22N2O3S. The largest absolute Gasteiger partial charge is 0.337 e. The van der Waals surface area contributed by atoms with Crippen molar-refractivity contribution in [3.8, 4) is 5.69 Å². The summed E-state index contributed by atoms with van der Waals surface area (Å²) in [5.41, 5.74) is 3.48. The first-order valence-electron chi connectivity index (χ1n) is 10.4. The highest BCUT2D eigenvalue weighted by Gasteiger charge is 2.26. The van der Waals surface area contributed by atoms with Gasteiger partial charge in [-0.2, -0.15) is 0 Å². The zero-order valence-corrected chi connectivity index (χ0v) is 18.3. The molecule has 0 aliphatic heterocycles. The summed E-state index contributed by atoms with van der Waals surface area (Å²) in [7, 11) is 0. The normalized spacial score (nSPS) is 13.0. The van der Waals surface area contributed by atoms with Crippen LogP contribution in [0.15, 0.2) is 58.1 Å². The van der Waals surface area contributed by atoms with Crippen LogP contribution in [-0.2, 0) is 19.4 Å². The third-order valence-corrected chi connectivity index (χ3v) is 7.45. The summed E-state index contributed by atoms with van der Waals surface area (Å²) in [6, 6.07) is 14.5. The quantitative estimate of drug-likeness (QED) is 0.456. The van der Waals surface area contributed by atoms with E-state index in [1.54, 1.807) is 30.3 Å². The van der Waals surface area contributed by atoms with Crippen LogP contribution in [0.5, 0.6) is 0 Å². The maximum atomic E-state index is 13.6. The van der Waals surface area contributed by atoms with Crippen molar-refractivity contribution < 1.29 is 4.79 Å². The SMILES string of the molecule is Cc1ccc(-n2c(=O)c3c4c(sc3n(CC(=O)c3ccccc3)c2=O)CCC4)cc1C. The topological polar surface area (TPSA) is 61.1 Å². The highest BCUT2D eigenvalue weighted by atomic mass is 32.1. The van der Waals surface area contributed by atoms with Crippen LogP contribution < -0.4 is 11.2 Å². The lowest BCUT2D eigenvalue weighted by atomic mass is 10.1. The Balaban J connectivity index is 1.78. The van der Waals surface area contributed by atoms with Crippen LogP contribution in [0.4, 0.5) is 0 Å². The van der Waals surface area contributed by atoms with Crippen LogP contribution in [0.3, 0.4) is 0 Å². The number of hydrogen-bond acceptors (Lipinski definition) is 4. The fourth-order valence-corrected chi connectivity index (χ4v) is 5.67. The molecule has 0 spiro atoms. The molecule has 0 fully saturated rings. The van der Waals surface area contributed by atoms with Gasteiger partial charge in [0, 0.05) is 10.4 Å². The van der Waals surface area contributed by atoms with E-state index in [4.69, 9.17) is 0 Å². The predicted octanol–water partition coefficient (Wildman–Crippen LogP) is 4.20. The second kappa shape index (κ2) is 7.46. The van der Waals surface area contributed by atoms with E-state index in [2.05, 4.69) is 0 Å². The molecule has 0 radical (unpaired) electrons. The molecule has 5 rings (SSSR count). The van der Waals surface area contributed by atoms with Crippen molar-refractivity contribution in [3.63, 3.8) is 0 Å². The average molecular weight is 431 g/mol. The average Bonchev–Trinajstić information content (AvgIpc) is 3.35. The number of carbonyl (C=O) groups excluding carboxylic acids is 1. The van der Waals surface area contributed by atoms with E-state index in [0.717, 1.165) is 40.8 Å². The highest BCUT2D eigenvalue weighted by Crippen LogP contribution is 2.35. The number of aryl methyl sites for hydroxylation is 4. The molecule has 156 valence electrons. The van der Waals surface area contributed by atoms with Crippen LogP contribution >= 0.6 is 11.3 Å². The van der Waals surface area contributed by atoms with E-state index < -0.39 is 5.69 Å². The molecule has 0 unspecified atom stereocenters. The summed E-state index contributed by atoms with van der Waals surface area (Å²) >= 11 is 1.49. The first-order valence-corrected chi connectivity index (χ1v) is 11.2. The van der Waals surface area contributed by atoms with Crippen LogP contribution in [0.2, 0.25) is 0 Å². The number of nitrogens with zero attached hydrogens (tertiary/aromatic N) is 2. The molecule has 0 amide bonds. The van der Waals surface area contributed by atoms with Crippen LogP contribution in [0, 0.1) is 13.8 Å². The van der Waals surface area contributed by atoms with Gasteiger partial charge in [0.2, 0.25) is 0 Å². The zero-order chi connectivity index (χ0) is 21.7. The number of benzene rings is 2. The molecule has 0 atom stereocenters. The maximum absolute atomic E-state index is 13.6. The Morgan fingerprint density at radius 3 is 2.52 bits per heavy atom. The number of Topliss-reactive ketones (excluding diaryl/α,β-unsaturated/α-hetero) is 1. The monoisotopic (exact) mass is 430 g/mol. The first kappa shape index (κ1) is 19.7. The molecule has 31 heavy (non-hydrogen) atoms. The Morgan fingerprint density at radius 1 is 1.00 bits per heavy atom. The molecular weight excluding hydrogens is 408 g/mol. The summed E-state index contributed by atoms with van der Waals surface area (Å²) in [5, 5.41) is 0.594. The molecule has 0 saturated carbocycles. The lowest BCUT2D eigenvalue weighted by Crippen LogP contribution is -2.40. The van der Waals surface area contributed by atoms with Crippen molar-refractivity contribution >= 4 is 27.3 Å². The Hall–Kier alpha value is -3.25. The van der Waals surface area contributed by atoms with E-state index in [0.29, 0.717) is 21.5 Å². The van der Waals surface area contributed by atoms with Crippen LogP contribution in [-0.4, -0.2) is 14.9 Å². The van der Waals surface area contributed by atoms with Crippen molar-refractivity contribution in [2.24, 2.45) is 0 Å². The molecule has 0 N–H and O–H groups in total. The molecule has 4 aromatic rings. The Labute approximate surface area is 183 Å². The number of fused-ring (bicyclic) bond motifs is 3.